The molecule has 0 aromatic heterocycles. The summed E-state index contributed by atoms with van der Waals surface area (Å²) in [6, 6.07) is 0.851. The van der Waals surface area contributed by atoms with Gasteiger partial charge in [0.2, 0.25) is 0 Å². The molecule has 2 bridgehead atoms. The lowest BCUT2D eigenvalue weighted by atomic mass is 9.73. The van der Waals surface area contributed by atoms with E-state index in [1.54, 1.807) is 0 Å². The van der Waals surface area contributed by atoms with Gasteiger partial charge in [0.15, 0.2) is 0 Å². The number of hydrogen-bond donors (Lipinski definition) is 1. The van der Waals surface area contributed by atoms with Crippen LogP contribution in [0.3, 0.4) is 0 Å². The van der Waals surface area contributed by atoms with Gasteiger partial charge in [0.25, 0.3) is 0 Å². The molecule has 2 nitrogen and oxygen atoms in total. The van der Waals surface area contributed by atoms with Gasteiger partial charge in [0.1, 0.15) is 0 Å². The normalized spacial score (nSPS) is 42.7. The van der Waals surface area contributed by atoms with Gasteiger partial charge >= 0.3 is 0 Å². The summed E-state index contributed by atoms with van der Waals surface area (Å²) in [6.07, 6.45) is 11.6. The Balaban J connectivity index is 1.35. The lowest BCUT2D eigenvalue weighted by Crippen LogP contribution is -2.43. The second-order valence-electron chi connectivity index (χ2n) is 7.56. The summed E-state index contributed by atoms with van der Waals surface area (Å²) in [7, 11) is 0. The highest BCUT2D eigenvalue weighted by Crippen LogP contribution is 2.56. The molecular weight excluding hydrogens is 222 g/mol. The molecule has 0 saturated heterocycles. The Bertz CT molecular complexity index is 310. The van der Waals surface area contributed by atoms with E-state index in [1.165, 1.54) is 57.9 Å². The maximum atomic E-state index is 6.11. The van der Waals surface area contributed by atoms with E-state index in [0.717, 1.165) is 37.0 Å². The van der Waals surface area contributed by atoms with Gasteiger partial charge in [-0.1, -0.05) is 6.42 Å². The molecule has 0 heterocycles. The van der Waals surface area contributed by atoms with Crippen LogP contribution in [0.1, 0.15) is 51.4 Å². The van der Waals surface area contributed by atoms with E-state index in [9.17, 15) is 0 Å². The van der Waals surface area contributed by atoms with Gasteiger partial charge in [-0.2, -0.15) is 0 Å². The molecule has 4 aliphatic rings. The van der Waals surface area contributed by atoms with Crippen molar-refractivity contribution >= 4 is 0 Å². The molecule has 4 saturated carbocycles. The van der Waals surface area contributed by atoms with Crippen LogP contribution in [0.25, 0.3) is 0 Å². The smallest absolute Gasteiger partial charge is 0.0537 e. The Morgan fingerprint density at radius 2 is 1.94 bits per heavy atom. The van der Waals surface area contributed by atoms with Crippen LogP contribution in [0.5, 0.6) is 0 Å². The maximum Gasteiger partial charge on any atom is 0.0537 e. The monoisotopic (exact) mass is 249 g/mol. The van der Waals surface area contributed by atoms with Gasteiger partial charge in [-0.05, 0) is 62.7 Å². The lowest BCUT2D eigenvalue weighted by molar-refractivity contribution is 0.00435. The van der Waals surface area contributed by atoms with E-state index in [-0.39, 0.29) is 0 Å². The molecule has 4 aliphatic carbocycles. The fourth-order valence-electron chi connectivity index (χ4n) is 4.35. The molecule has 3 unspecified atom stereocenters. The predicted octanol–water partition coefficient (Wildman–Crippen LogP) is 2.97. The summed E-state index contributed by atoms with van der Waals surface area (Å²) in [6.45, 7) is 3.33. The number of rotatable bonds is 7. The zero-order chi connectivity index (χ0) is 12.0. The first-order valence-electron chi connectivity index (χ1n) is 8.15. The standard InChI is InChI=1S/C16H27NO/c1-2-12(1)9-18-11-16(10-17-15-5-6-15)8-13-3-4-14(16)7-13/h12-15,17H,1-11H2. The summed E-state index contributed by atoms with van der Waals surface area (Å²) in [5.41, 5.74) is 0.514. The van der Waals surface area contributed by atoms with E-state index in [0.29, 0.717) is 5.41 Å². The summed E-state index contributed by atoms with van der Waals surface area (Å²) in [5.74, 6) is 2.91. The maximum absolute atomic E-state index is 6.11. The van der Waals surface area contributed by atoms with Crippen LogP contribution in [0.2, 0.25) is 0 Å². The van der Waals surface area contributed by atoms with Crippen LogP contribution in [-0.4, -0.2) is 25.8 Å². The van der Waals surface area contributed by atoms with Gasteiger partial charge < -0.3 is 10.1 Å². The van der Waals surface area contributed by atoms with Crippen LogP contribution >= 0.6 is 0 Å². The molecule has 0 aliphatic heterocycles. The second kappa shape index (κ2) is 4.49. The molecule has 4 rings (SSSR count). The van der Waals surface area contributed by atoms with Gasteiger partial charge in [-0.15, -0.1) is 0 Å². The number of fused-ring (bicyclic) bond motifs is 2. The average Bonchev–Trinajstić information content (AvgIpc) is 3.29. The van der Waals surface area contributed by atoms with Crippen molar-refractivity contribution in [1.29, 1.82) is 0 Å². The fraction of sp³-hybridized carbons (Fsp3) is 1.00. The first-order valence-corrected chi connectivity index (χ1v) is 8.15. The molecule has 3 atom stereocenters. The molecule has 0 amide bonds. The van der Waals surface area contributed by atoms with Crippen LogP contribution in [0.15, 0.2) is 0 Å². The summed E-state index contributed by atoms with van der Waals surface area (Å²) < 4.78 is 6.11. The first kappa shape index (κ1) is 11.7. The third kappa shape index (κ3) is 2.34. The van der Waals surface area contributed by atoms with Crippen molar-refractivity contribution in [3.63, 3.8) is 0 Å². The highest BCUT2D eigenvalue weighted by Gasteiger charge is 2.51. The molecule has 0 aromatic carbocycles. The third-order valence-corrected chi connectivity index (χ3v) is 5.86. The summed E-state index contributed by atoms with van der Waals surface area (Å²) >= 11 is 0. The molecule has 0 spiro atoms. The average molecular weight is 249 g/mol. The predicted molar refractivity (Wildman–Crippen MR) is 72.4 cm³/mol. The largest absolute Gasteiger partial charge is 0.381 e. The highest BCUT2D eigenvalue weighted by molar-refractivity contribution is 5.02. The first-order chi connectivity index (χ1) is 8.84. The molecule has 0 aromatic rings. The molecule has 18 heavy (non-hydrogen) atoms. The van der Waals surface area contributed by atoms with E-state index in [1.807, 2.05) is 0 Å². The minimum atomic E-state index is 0.514. The number of hydrogen-bond acceptors (Lipinski definition) is 2. The zero-order valence-electron chi connectivity index (χ0n) is 11.5. The van der Waals surface area contributed by atoms with Crippen molar-refractivity contribution < 1.29 is 4.74 Å². The Morgan fingerprint density at radius 1 is 1.06 bits per heavy atom. The van der Waals surface area contributed by atoms with Crippen LogP contribution in [-0.2, 0) is 4.74 Å². The molecule has 1 N–H and O–H groups in total. The minimum Gasteiger partial charge on any atom is -0.381 e. The van der Waals surface area contributed by atoms with Crippen molar-refractivity contribution in [2.24, 2.45) is 23.2 Å². The topological polar surface area (TPSA) is 21.3 Å². The lowest BCUT2D eigenvalue weighted by Gasteiger charge is -2.38. The SMILES string of the molecule is C1CC1COCC1(CNC2CC2)CC2CCC1C2. The van der Waals surface area contributed by atoms with E-state index >= 15 is 0 Å². The van der Waals surface area contributed by atoms with E-state index in [2.05, 4.69) is 5.32 Å². The highest BCUT2D eigenvalue weighted by atomic mass is 16.5. The summed E-state index contributed by atoms with van der Waals surface area (Å²) in [5, 5.41) is 3.80. The Hall–Kier alpha value is -0.0800. The van der Waals surface area contributed by atoms with Gasteiger partial charge in [0.05, 0.1) is 6.61 Å². The van der Waals surface area contributed by atoms with Crippen LogP contribution in [0.4, 0.5) is 0 Å². The quantitative estimate of drug-likeness (QED) is 0.749. The number of ether oxygens (including phenoxy) is 1. The van der Waals surface area contributed by atoms with Gasteiger partial charge in [-0.25, -0.2) is 0 Å². The van der Waals surface area contributed by atoms with Crippen molar-refractivity contribution in [2.45, 2.75) is 57.4 Å². The third-order valence-electron chi connectivity index (χ3n) is 5.86. The van der Waals surface area contributed by atoms with Crippen LogP contribution < -0.4 is 5.32 Å². The number of nitrogens with one attached hydrogen (secondary N) is 1. The van der Waals surface area contributed by atoms with Crippen molar-refractivity contribution in [3.8, 4) is 0 Å². The fourth-order valence-corrected chi connectivity index (χ4v) is 4.35. The van der Waals surface area contributed by atoms with Gasteiger partial charge in [0, 0.05) is 24.6 Å². The molecule has 4 fully saturated rings. The van der Waals surface area contributed by atoms with Crippen molar-refractivity contribution in [1.82, 2.24) is 5.32 Å². The van der Waals surface area contributed by atoms with Crippen LogP contribution in [0, 0.1) is 23.2 Å². The zero-order valence-corrected chi connectivity index (χ0v) is 11.5. The Morgan fingerprint density at radius 3 is 2.56 bits per heavy atom. The minimum absolute atomic E-state index is 0.514. The Kier molecular flexibility index (Phi) is 2.92. The molecule has 0 radical (unpaired) electrons. The summed E-state index contributed by atoms with van der Waals surface area (Å²) in [4.78, 5) is 0. The second-order valence-corrected chi connectivity index (χ2v) is 7.56. The van der Waals surface area contributed by atoms with E-state index < -0.39 is 0 Å². The molecular formula is C16H27NO. The van der Waals surface area contributed by atoms with Crippen molar-refractivity contribution in [3.05, 3.63) is 0 Å². The van der Waals surface area contributed by atoms with Crippen molar-refractivity contribution in [2.75, 3.05) is 19.8 Å². The molecule has 2 heteroatoms. The van der Waals surface area contributed by atoms with E-state index in [4.69, 9.17) is 4.74 Å². The van der Waals surface area contributed by atoms with Gasteiger partial charge in [-0.3, -0.25) is 0 Å². The Labute approximate surface area is 111 Å². The molecule has 102 valence electrons.